The SMILES string of the molecule is N#CCC(N)c1ccc[nH]c1=O. The predicted octanol–water partition coefficient (Wildman–Crippen LogP) is 0.288. The third-order valence-corrected chi connectivity index (χ3v) is 1.56. The summed E-state index contributed by atoms with van der Waals surface area (Å²) in [6, 6.07) is 4.74. The number of nitriles is 1. The molecule has 4 heteroatoms. The molecular formula is C8H9N3O. The standard InChI is InChI=1S/C8H9N3O/c9-4-3-7(10)6-2-1-5-11-8(6)12/h1-2,5,7H,3,10H2,(H,11,12). The molecule has 0 saturated carbocycles. The van der Waals surface area contributed by atoms with Gasteiger partial charge in [0.15, 0.2) is 0 Å². The normalized spacial score (nSPS) is 12.0. The molecule has 1 rings (SSSR count). The summed E-state index contributed by atoms with van der Waals surface area (Å²) in [4.78, 5) is 13.6. The summed E-state index contributed by atoms with van der Waals surface area (Å²) >= 11 is 0. The van der Waals surface area contributed by atoms with Crippen LogP contribution in [0.1, 0.15) is 18.0 Å². The minimum Gasteiger partial charge on any atom is -0.329 e. The number of aromatic amines is 1. The second kappa shape index (κ2) is 3.69. The molecule has 0 aliphatic carbocycles. The van der Waals surface area contributed by atoms with Gasteiger partial charge < -0.3 is 10.7 Å². The van der Waals surface area contributed by atoms with Crippen molar-refractivity contribution >= 4 is 0 Å². The quantitative estimate of drug-likeness (QED) is 0.657. The Morgan fingerprint density at radius 2 is 2.50 bits per heavy atom. The Kier molecular flexibility index (Phi) is 2.62. The number of H-pyrrole nitrogens is 1. The van der Waals surface area contributed by atoms with Gasteiger partial charge in [0.2, 0.25) is 0 Å². The zero-order valence-electron chi connectivity index (χ0n) is 6.45. The van der Waals surface area contributed by atoms with E-state index < -0.39 is 6.04 Å². The molecule has 0 fully saturated rings. The molecule has 0 radical (unpaired) electrons. The first-order valence-corrected chi connectivity index (χ1v) is 3.56. The van der Waals surface area contributed by atoms with E-state index in [9.17, 15) is 4.79 Å². The number of nitrogens with two attached hydrogens (primary N) is 1. The van der Waals surface area contributed by atoms with E-state index in [1.54, 1.807) is 12.1 Å². The summed E-state index contributed by atoms with van der Waals surface area (Å²) < 4.78 is 0. The van der Waals surface area contributed by atoms with Gasteiger partial charge in [-0.2, -0.15) is 5.26 Å². The second-order valence-corrected chi connectivity index (χ2v) is 2.42. The molecule has 1 unspecified atom stereocenters. The van der Waals surface area contributed by atoms with Crippen molar-refractivity contribution in [1.82, 2.24) is 4.98 Å². The van der Waals surface area contributed by atoms with Gasteiger partial charge in [0.05, 0.1) is 12.5 Å². The second-order valence-electron chi connectivity index (χ2n) is 2.42. The van der Waals surface area contributed by atoms with Crippen molar-refractivity contribution in [3.05, 3.63) is 34.2 Å². The summed E-state index contributed by atoms with van der Waals surface area (Å²) in [7, 11) is 0. The average Bonchev–Trinajstić information content (AvgIpc) is 2.05. The fourth-order valence-electron chi connectivity index (χ4n) is 0.935. The van der Waals surface area contributed by atoms with Crippen molar-refractivity contribution in [1.29, 1.82) is 5.26 Å². The highest BCUT2D eigenvalue weighted by molar-refractivity contribution is 5.14. The highest BCUT2D eigenvalue weighted by Gasteiger charge is 2.07. The van der Waals surface area contributed by atoms with E-state index in [1.165, 1.54) is 6.20 Å². The summed E-state index contributed by atoms with van der Waals surface area (Å²) in [6.45, 7) is 0. The molecule has 12 heavy (non-hydrogen) atoms. The number of pyridine rings is 1. The molecule has 0 aliphatic heterocycles. The summed E-state index contributed by atoms with van der Waals surface area (Å²) in [5.74, 6) is 0. The zero-order valence-corrected chi connectivity index (χ0v) is 6.45. The monoisotopic (exact) mass is 163 g/mol. The van der Waals surface area contributed by atoms with Gasteiger partial charge in [-0.15, -0.1) is 0 Å². The van der Waals surface area contributed by atoms with E-state index in [2.05, 4.69) is 4.98 Å². The number of hydrogen-bond acceptors (Lipinski definition) is 3. The Morgan fingerprint density at radius 1 is 1.75 bits per heavy atom. The third kappa shape index (κ3) is 1.71. The van der Waals surface area contributed by atoms with Gasteiger partial charge in [0, 0.05) is 17.8 Å². The highest BCUT2D eigenvalue weighted by Crippen LogP contribution is 2.06. The van der Waals surface area contributed by atoms with Crippen LogP contribution in [0.25, 0.3) is 0 Å². The van der Waals surface area contributed by atoms with E-state index in [-0.39, 0.29) is 12.0 Å². The number of rotatable bonds is 2. The molecule has 1 aromatic heterocycles. The number of nitrogens with one attached hydrogen (secondary N) is 1. The van der Waals surface area contributed by atoms with Crippen LogP contribution in [-0.4, -0.2) is 4.98 Å². The lowest BCUT2D eigenvalue weighted by atomic mass is 10.1. The summed E-state index contributed by atoms with van der Waals surface area (Å²) in [6.07, 6.45) is 1.69. The lowest BCUT2D eigenvalue weighted by Crippen LogP contribution is -2.20. The van der Waals surface area contributed by atoms with Crippen LogP contribution in [0.5, 0.6) is 0 Å². The molecule has 0 bridgehead atoms. The lowest BCUT2D eigenvalue weighted by molar-refractivity contribution is 0.735. The fraction of sp³-hybridized carbons (Fsp3) is 0.250. The lowest BCUT2D eigenvalue weighted by Gasteiger charge is -2.04. The summed E-state index contributed by atoms with van der Waals surface area (Å²) in [5, 5.41) is 8.35. The van der Waals surface area contributed by atoms with Crippen LogP contribution in [-0.2, 0) is 0 Å². The van der Waals surface area contributed by atoms with Crippen molar-refractivity contribution in [2.75, 3.05) is 0 Å². The van der Waals surface area contributed by atoms with Crippen molar-refractivity contribution in [3.63, 3.8) is 0 Å². The van der Waals surface area contributed by atoms with Gasteiger partial charge >= 0.3 is 0 Å². The maximum atomic E-state index is 11.1. The van der Waals surface area contributed by atoms with E-state index in [0.29, 0.717) is 5.56 Å². The van der Waals surface area contributed by atoms with Gasteiger partial charge in [-0.3, -0.25) is 4.79 Å². The first-order valence-electron chi connectivity index (χ1n) is 3.56. The molecule has 0 spiro atoms. The minimum atomic E-state index is -0.486. The van der Waals surface area contributed by atoms with Crippen LogP contribution >= 0.6 is 0 Å². The van der Waals surface area contributed by atoms with Gasteiger partial charge in [-0.25, -0.2) is 0 Å². The minimum absolute atomic E-state index is 0.160. The first kappa shape index (κ1) is 8.50. The first-order chi connectivity index (χ1) is 5.75. The number of aromatic nitrogens is 1. The predicted molar refractivity (Wildman–Crippen MR) is 44.2 cm³/mol. The van der Waals surface area contributed by atoms with Crippen molar-refractivity contribution in [3.8, 4) is 6.07 Å². The van der Waals surface area contributed by atoms with Crippen LogP contribution in [0.2, 0.25) is 0 Å². The molecule has 0 aromatic carbocycles. The Labute approximate surface area is 69.6 Å². The van der Waals surface area contributed by atoms with Crippen molar-refractivity contribution in [2.24, 2.45) is 5.73 Å². The van der Waals surface area contributed by atoms with Crippen LogP contribution < -0.4 is 11.3 Å². The van der Waals surface area contributed by atoms with Crippen LogP contribution in [0.3, 0.4) is 0 Å². The largest absolute Gasteiger partial charge is 0.329 e. The highest BCUT2D eigenvalue weighted by atomic mass is 16.1. The molecule has 4 nitrogen and oxygen atoms in total. The average molecular weight is 163 g/mol. The van der Waals surface area contributed by atoms with Gasteiger partial charge in [-0.05, 0) is 6.07 Å². The van der Waals surface area contributed by atoms with Crippen LogP contribution in [0.15, 0.2) is 23.1 Å². The van der Waals surface area contributed by atoms with E-state index >= 15 is 0 Å². The molecule has 1 aromatic rings. The number of nitrogens with zero attached hydrogens (tertiary/aromatic N) is 1. The van der Waals surface area contributed by atoms with Gasteiger partial charge in [0.1, 0.15) is 0 Å². The molecule has 3 N–H and O–H groups in total. The van der Waals surface area contributed by atoms with Crippen LogP contribution in [0, 0.1) is 11.3 Å². The summed E-state index contributed by atoms with van der Waals surface area (Å²) in [5.41, 5.74) is 5.80. The number of hydrogen-bond donors (Lipinski definition) is 2. The molecule has 0 saturated heterocycles. The van der Waals surface area contributed by atoms with E-state index in [0.717, 1.165) is 0 Å². The maximum Gasteiger partial charge on any atom is 0.252 e. The molecule has 1 atom stereocenters. The molecule has 1 heterocycles. The van der Waals surface area contributed by atoms with E-state index in [1.807, 2.05) is 6.07 Å². The molecular weight excluding hydrogens is 154 g/mol. The van der Waals surface area contributed by atoms with Gasteiger partial charge in [-0.1, -0.05) is 6.07 Å². The van der Waals surface area contributed by atoms with Gasteiger partial charge in [0.25, 0.3) is 5.56 Å². The molecule has 0 aliphatic rings. The smallest absolute Gasteiger partial charge is 0.252 e. The Morgan fingerprint density at radius 3 is 3.08 bits per heavy atom. The van der Waals surface area contributed by atoms with Crippen molar-refractivity contribution < 1.29 is 0 Å². The van der Waals surface area contributed by atoms with E-state index in [4.69, 9.17) is 11.0 Å². The zero-order chi connectivity index (χ0) is 8.97. The maximum absolute atomic E-state index is 11.1. The topological polar surface area (TPSA) is 82.7 Å². The molecule has 0 amide bonds. The fourth-order valence-corrected chi connectivity index (χ4v) is 0.935. The molecule has 62 valence electrons. The Hall–Kier alpha value is -1.60. The Balaban J connectivity index is 2.97. The Bertz CT molecular complexity index is 350. The van der Waals surface area contributed by atoms with Crippen LogP contribution in [0.4, 0.5) is 0 Å². The third-order valence-electron chi connectivity index (χ3n) is 1.56. The van der Waals surface area contributed by atoms with Crippen molar-refractivity contribution in [2.45, 2.75) is 12.5 Å².